The molecular formula is C23H25N5O4. The van der Waals surface area contributed by atoms with Gasteiger partial charge in [0.1, 0.15) is 17.2 Å². The Balaban J connectivity index is 1.44. The number of nitrogens with one attached hydrogen (secondary N) is 2. The predicted molar refractivity (Wildman–Crippen MR) is 119 cm³/mol. The van der Waals surface area contributed by atoms with Gasteiger partial charge in [0, 0.05) is 37.1 Å². The number of ether oxygens (including phenoxy) is 2. The molecule has 1 aromatic carbocycles. The number of methoxy groups -OCH3 is 2. The molecule has 1 atom stereocenters. The van der Waals surface area contributed by atoms with Crippen molar-refractivity contribution in [2.24, 2.45) is 5.92 Å². The molecule has 0 bridgehead atoms. The first-order valence-corrected chi connectivity index (χ1v) is 10.4. The van der Waals surface area contributed by atoms with Gasteiger partial charge in [0.2, 0.25) is 5.91 Å². The third-order valence-electron chi connectivity index (χ3n) is 5.51. The number of aromatic nitrogens is 3. The van der Waals surface area contributed by atoms with Gasteiger partial charge in [-0.15, -0.1) is 0 Å². The highest BCUT2D eigenvalue weighted by molar-refractivity contribution is 5.96. The number of pyridine rings is 1. The molecule has 1 aliphatic rings. The number of amides is 2. The van der Waals surface area contributed by atoms with Crippen molar-refractivity contribution in [3.05, 3.63) is 54.5 Å². The van der Waals surface area contributed by atoms with Crippen LogP contribution >= 0.6 is 0 Å². The van der Waals surface area contributed by atoms with Gasteiger partial charge >= 0.3 is 0 Å². The highest BCUT2D eigenvalue weighted by Crippen LogP contribution is 2.30. The number of carbonyl (C=O) groups excluding carboxylic acids is 2. The average Bonchev–Trinajstić information content (AvgIpc) is 3.34. The largest absolute Gasteiger partial charge is 0.497 e. The SMILES string of the molecule is COc1ccc(OC)c(NC(=O)C2CCCN(C(=O)c3cc(-c4cccnc4)n[nH]3)C2)c1. The number of benzene rings is 1. The second-order valence-corrected chi connectivity index (χ2v) is 7.55. The third kappa shape index (κ3) is 4.56. The summed E-state index contributed by atoms with van der Waals surface area (Å²) < 4.78 is 10.6. The summed E-state index contributed by atoms with van der Waals surface area (Å²) in [5, 5.41) is 9.96. The molecule has 0 radical (unpaired) electrons. The van der Waals surface area contributed by atoms with Gasteiger partial charge < -0.3 is 19.7 Å². The van der Waals surface area contributed by atoms with Gasteiger partial charge in [0.25, 0.3) is 5.91 Å². The van der Waals surface area contributed by atoms with Crippen molar-refractivity contribution >= 4 is 17.5 Å². The maximum Gasteiger partial charge on any atom is 0.271 e. The lowest BCUT2D eigenvalue weighted by Crippen LogP contribution is -2.43. The Hall–Kier alpha value is -3.88. The fraction of sp³-hybridized carbons (Fsp3) is 0.304. The van der Waals surface area contributed by atoms with Crippen molar-refractivity contribution in [3.63, 3.8) is 0 Å². The maximum atomic E-state index is 13.0. The molecule has 166 valence electrons. The van der Waals surface area contributed by atoms with E-state index in [1.807, 2.05) is 12.1 Å². The van der Waals surface area contributed by atoms with E-state index in [-0.39, 0.29) is 17.7 Å². The number of hydrogen-bond acceptors (Lipinski definition) is 6. The molecule has 1 fully saturated rings. The van der Waals surface area contributed by atoms with Crippen LogP contribution in [0.3, 0.4) is 0 Å². The first-order valence-electron chi connectivity index (χ1n) is 10.4. The number of aromatic amines is 1. The van der Waals surface area contributed by atoms with Gasteiger partial charge in [0.15, 0.2) is 0 Å². The fourth-order valence-electron chi connectivity index (χ4n) is 3.79. The lowest BCUT2D eigenvalue weighted by atomic mass is 9.96. The van der Waals surface area contributed by atoms with Crippen LogP contribution in [0.5, 0.6) is 11.5 Å². The van der Waals surface area contributed by atoms with Crippen molar-refractivity contribution in [2.75, 3.05) is 32.6 Å². The van der Waals surface area contributed by atoms with Crippen molar-refractivity contribution in [3.8, 4) is 22.8 Å². The molecule has 1 saturated heterocycles. The van der Waals surface area contributed by atoms with E-state index in [1.54, 1.807) is 55.8 Å². The summed E-state index contributed by atoms with van der Waals surface area (Å²) in [5.41, 5.74) is 2.40. The Labute approximate surface area is 185 Å². The van der Waals surface area contributed by atoms with Crippen LogP contribution in [0, 0.1) is 5.92 Å². The van der Waals surface area contributed by atoms with Crippen LogP contribution in [0.1, 0.15) is 23.3 Å². The Kier molecular flexibility index (Phi) is 6.34. The third-order valence-corrected chi connectivity index (χ3v) is 5.51. The van der Waals surface area contributed by atoms with E-state index >= 15 is 0 Å². The van der Waals surface area contributed by atoms with Crippen LogP contribution in [-0.2, 0) is 4.79 Å². The highest BCUT2D eigenvalue weighted by Gasteiger charge is 2.30. The molecule has 2 amide bonds. The van der Waals surface area contributed by atoms with Crippen LogP contribution in [-0.4, -0.2) is 59.2 Å². The quantitative estimate of drug-likeness (QED) is 0.616. The van der Waals surface area contributed by atoms with Crippen molar-refractivity contribution in [1.29, 1.82) is 0 Å². The molecule has 3 aromatic rings. The van der Waals surface area contributed by atoms with Crippen LogP contribution in [0.4, 0.5) is 5.69 Å². The Morgan fingerprint density at radius 1 is 1.19 bits per heavy atom. The van der Waals surface area contributed by atoms with Crippen LogP contribution in [0.25, 0.3) is 11.3 Å². The fourth-order valence-corrected chi connectivity index (χ4v) is 3.79. The van der Waals surface area contributed by atoms with Gasteiger partial charge in [-0.1, -0.05) is 0 Å². The zero-order chi connectivity index (χ0) is 22.5. The first-order chi connectivity index (χ1) is 15.6. The molecule has 2 aromatic heterocycles. The Morgan fingerprint density at radius 2 is 2.06 bits per heavy atom. The topological polar surface area (TPSA) is 109 Å². The monoisotopic (exact) mass is 435 g/mol. The van der Waals surface area contributed by atoms with E-state index in [4.69, 9.17) is 9.47 Å². The standard InChI is InChI=1S/C23H25N5O4/c1-31-17-7-8-21(32-2)19(11-17)25-22(29)16-6-4-10-28(14-16)23(30)20-12-18(26-27-20)15-5-3-9-24-13-15/h3,5,7-9,11-13,16H,4,6,10,14H2,1-2H3,(H,25,29)(H,26,27). The highest BCUT2D eigenvalue weighted by atomic mass is 16.5. The lowest BCUT2D eigenvalue weighted by molar-refractivity contribution is -0.121. The zero-order valence-corrected chi connectivity index (χ0v) is 18.0. The molecule has 1 unspecified atom stereocenters. The Morgan fingerprint density at radius 3 is 2.81 bits per heavy atom. The van der Waals surface area contributed by atoms with E-state index in [9.17, 15) is 9.59 Å². The number of piperidine rings is 1. The van der Waals surface area contributed by atoms with Crippen molar-refractivity contribution in [1.82, 2.24) is 20.1 Å². The van der Waals surface area contributed by atoms with E-state index in [0.29, 0.717) is 48.1 Å². The number of anilines is 1. The van der Waals surface area contributed by atoms with Gasteiger partial charge in [-0.3, -0.25) is 19.7 Å². The molecule has 9 nitrogen and oxygen atoms in total. The second-order valence-electron chi connectivity index (χ2n) is 7.55. The normalized spacial score (nSPS) is 15.8. The van der Waals surface area contributed by atoms with E-state index < -0.39 is 0 Å². The predicted octanol–water partition coefficient (Wildman–Crippen LogP) is 2.98. The zero-order valence-electron chi connectivity index (χ0n) is 18.0. The number of H-pyrrole nitrogens is 1. The molecule has 3 heterocycles. The number of carbonyl (C=O) groups is 2. The summed E-state index contributed by atoms with van der Waals surface area (Å²) in [4.78, 5) is 31.8. The molecule has 4 rings (SSSR count). The summed E-state index contributed by atoms with van der Waals surface area (Å²) in [6.45, 7) is 0.921. The number of nitrogens with zero attached hydrogens (tertiary/aromatic N) is 3. The molecule has 0 saturated carbocycles. The van der Waals surface area contributed by atoms with Gasteiger partial charge in [-0.05, 0) is 43.2 Å². The van der Waals surface area contributed by atoms with E-state index in [1.165, 1.54) is 0 Å². The Bertz CT molecular complexity index is 1100. The second kappa shape index (κ2) is 9.51. The summed E-state index contributed by atoms with van der Waals surface area (Å²) in [5.74, 6) is 0.497. The number of likely N-dealkylation sites (tertiary alicyclic amines) is 1. The molecule has 9 heteroatoms. The van der Waals surface area contributed by atoms with Crippen LogP contribution < -0.4 is 14.8 Å². The smallest absolute Gasteiger partial charge is 0.271 e. The van der Waals surface area contributed by atoms with Gasteiger partial charge in [0.05, 0.1) is 31.5 Å². The first kappa shape index (κ1) is 21.4. The summed E-state index contributed by atoms with van der Waals surface area (Å²) in [7, 11) is 3.11. The minimum Gasteiger partial charge on any atom is -0.497 e. The van der Waals surface area contributed by atoms with E-state index in [2.05, 4.69) is 20.5 Å². The van der Waals surface area contributed by atoms with Crippen molar-refractivity contribution < 1.29 is 19.1 Å². The lowest BCUT2D eigenvalue weighted by Gasteiger charge is -2.31. The molecule has 32 heavy (non-hydrogen) atoms. The molecule has 0 aliphatic carbocycles. The van der Waals surface area contributed by atoms with Crippen LogP contribution in [0.15, 0.2) is 48.8 Å². The molecule has 1 aliphatic heterocycles. The number of rotatable bonds is 6. The minimum absolute atomic E-state index is 0.158. The maximum absolute atomic E-state index is 13.0. The van der Waals surface area contributed by atoms with Crippen molar-refractivity contribution in [2.45, 2.75) is 12.8 Å². The summed E-state index contributed by atoms with van der Waals surface area (Å²) >= 11 is 0. The molecule has 0 spiro atoms. The summed E-state index contributed by atoms with van der Waals surface area (Å²) in [6, 6.07) is 10.6. The summed E-state index contributed by atoms with van der Waals surface area (Å²) in [6.07, 6.45) is 4.81. The van der Waals surface area contributed by atoms with Gasteiger partial charge in [-0.2, -0.15) is 5.10 Å². The average molecular weight is 435 g/mol. The van der Waals surface area contributed by atoms with Crippen LogP contribution in [0.2, 0.25) is 0 Å². The van der Waals surface area contributed by atoms with Gasteiger partial charge in [-0.25, -0.2) is 0 Å². The number of hydrogen-bond donors (Lipinski definition) is 2. The minimum atomic E-state index is -0.329. The molecule has 2 N–H and O–H groups in total. The molecular weight excluding hydrogens is 410 g/mol. The van der Waals surface area contributed by atoms with E-state index in [0.717, 1.165) is 12.0 Å².